The van der Waals surface area contributed by atoms with E-state index in [-0.39, 0.29) is 6.10 Å². The summed E-state index contributed by atoms with van der Waals surface area (Å²) in [6.45, 7) is 3.88. The second-order valence-electron chi connectivity index (χ2n) is 4.95. The predicted octanol–water partition coefficient (Wildman–Crippen LogP) is 0.987. The average molecular weight is 298 g/mol. The Hall–Kier alpha value is -0.950. The minimum atomic E-state index is -3.41. The standard InChI is InChI=1S/C14H22N2O3S/c1-2-13-11-16(9-10-19-13)20(17,18)14-5-3-12(4-6-14)7-8-15/h3-6,13H,2,7-11,15H2,1H3. The molecule has 1 fully saturated rings. The number of hydrogen-bond acceptors (Lipinski definition) is 4. The van der Waals surface area contributed by atoms with Crippen molar-refractivity contribution in [3.63, 3.8) is 0 Å². The van der Waals surface area contributed by atoms with E-state index in [1.54, 1.807) is 12.1 Å². The molecule has 1 aromatic rings. The van der Waals surface area contributed by atoms with Gasteiger partial charge in [-0.05, 0) is 37.1 Å². The summed E-state index contributed by atoms with van der Waals surface area (Å²) >= 11 is 0. The molecule has 1 unspecified atom stereocenters. The first-order valence-corrected chi connectivity index (χ1v) is 8.42. The predicted molar refractivity (Wildman–Crippen MR) is 78.0 cm³/mol. The normalized spacial score (nSPS) is 21.0. The van der Waals surface area contributed by atoms with Crippen LogP contribution in [-0.4, -0.2) is 45.1 Å². The average Bonchev–Trinajstić information content (AvgIpc) is 2.48. The maximum absolute atomic E-state index is 12.6. The molecule has 112 valence electrons. The van der Waals surface area contributed by atoms with Gasteiger partial charge in [-0.1, -0.05) is 19.1 Å². The van der Waals surface area contributed by atoms with Gasteiger partial charge >= 0.3 is 0 Å². The highest BCUT2D eigenvalue weighted by molar-refractivity contribution is 7.89. The Balaban J connectivity index is 2.16. The SMILES string of the molecule is CCC1CN(S(=O)(=O)c2ccc(CCN)cc2)CCO1. The van der Waals surface area contributed by atoms with E-state index in [1.807, 2.05) is 19.1 Å². The van der Waals surface area contributed by atoms with Crippen LogP contribution in [0.15, 0.2) is 29.2 Å². The van der Waals surface area contributed by atoms with Crippen molar-refractivity contribution in [2.75, 3.05) is 26.2 Å². The van der Waals surface area contributed by atoms with E-state index in [1.165, 1.54) is 4.31 Å². The Morgan fingerprint density at radius 2 is 2.05 bits per heavy atom. The van der Waals surface area contributed by atoms with Crippen LogP contribution in [0.1, 0.15) is 18.9 Å². The first-order chi connectivity index (χ1) is 9.57. The minimum Gasteiger partial charge on any atom is -0.375 e. The molecule has 0 radical (unpaired) electrons. The third-order valence-corrected chi connectivity index (χ3v) is 5.43. The molecule has 1 heterocycles. The van der Waals surface area contributed by atoms with Gasteiger partial charge in [-0.25, -0.2) is 8.42 Å². The lowest BCUT2D eigenvalue weighted by molar-refractivity contribution is -0.00277. The van der Waals surface area contributed by atoms with Crippen molar-refractivity contribution in [2.45, 2.75) is 30.8 Å². The molecule has 6 heteroatoms. The molecule has 0 bridgehead atoms. The van der Waals surface area contributed by atoms with Gasteiger partial charge < -0.3 is 10.5 Å². The van der Waals surface area contributed by atoms with Gasteiger partial charge in [-0.2, -0.15) is 4.31 Å². The Bertz CT molecular complexity index is 528. The molecule has 20 heavy (non-hydrogen) atoms. The second-order valence-corrected chi connectivity index (χ2v) is 6.88. The molecule has 1 atom stereocenters. The molecular formula is C14H22N2O3S. The van der Waals surface area contributed by atoms with E-state index >= 15 is 0 Å². The molecule has 1 aliphatic heterocycles. The van der Waals surface area contributed by atoms with Gasteiger partial charge in [0.15, 0.2) is 0 Å². The molecule has 0 spiro atoms. The summed E-state index contributed by atoms with van der Waals surface area (Å²) in [5, 5.41) is 0. The summed E-state index contributed by atoms with van der Waals surface area (Å²) in [5.74, 6) is 0. The van der Waals surface area contributed by atoms with Crippen molar-refractivity contribution in [2.24, 2.45) is 5.73 Å². The van der Waals surface area contributed by atoms with Crippen LogP contribution in [0.4, 0.5) is 0 Å². The van der Waals surface area contributed by atoms with Crippen LogP contribution in [0, 0.1) is 0 Å². The van der Waals surface area contributed by atoms with Crippen molar-refractivity contribution in [1.82, 2.24) is 4.31 Å². The number of morpholine rings is 1. The first kappa shape index (κ1) is 15.4. The Labute approximate surface area is 120 Å². The first-order valence-electron chi connectivity index (χ1n) is 6.98. The van der Waals surface area contributed by atoms with Crippen LogP contribution in [0.25, 0.3) is 0 Å². The van der Waals surface area contributed by atoms with Crippen molar-refractivity contribution in [3.05, 3.63) is 29.8 Å². The zero-order valence-corrected chi connectivity index (χ0v) is 12.6. The maximum atomic E-state index is 12.6. The highest BCUT2D eigenvalue weighted by Crippen LogP contribution is 2.20. The van der Waals surface area contributed by atoms with Crippen LogP contribution < -0.4 is 5.73 Å². The number of nitrogens with two attached hydrogens (primary N) is 1. The van der Waals surface area contributed by atoms with Gasteiger partial charge in [0.1, 0.15) is 0 Å². The molecule has 1 aromatic carbocycles. The van der Waals surface area contributed by atoms with E-state index in [0.29, 0.717) is 31.1 Å². The van der Waals surface area contributed by atoms with Crippen molar-refractivity contribution >= 4 is 10.0 Å². The minimum absolute atomic E-state index is 0.00459. The van der Waals surface area contributed by atoms with Crippen LogP contribution >= 0.6 is 0 Å². The number of rotatable bonds is 5. The Morgan fingerprint density at radius 1 is 1.35 bits per heavy atom. The molecule has 2 N–H and O–H groups in total. The summed E-state index contributed by atoms with van der Waals surface area (Å²) in [5.41, 5.74) is 6.55. The highest BCUT2D eigenvalue weighted by Gasteiger charge is 2.29. The van der Waals surface area contributed by atoms with Crippen LogP contribution in [0.3, 0.4) is 0 Å². The largest absolute Gasteiger partial charge is 0.375 e. The van der Waals surface area contributed by atoms with Gasteiger partial charge in [0.25, 0.3) is 0 Å². The quantitative estimate of drug-likeness (QED) is 0.880. The summed E-state index contributed by atoms with van der Waals surface area (Å²) in [4.78, 5) is 0.343. The van der Waals surface area contributed by atoms with Gasteiger partial charge in [0.05, 0.1) is 17.6 Å². The summed E-state index contributed by atoms with van der Waals surface area (Å²) in [7, 11) is -3.41. The summed E-state index contributed by atoms with van der Waals surface area (Å²) in [6, 6.07) is 6.99. The monoisotopic (exact) mass is 298 g/mol. The highest BCUT2D eigenvalue weighted by atomic mass is 32.2. The molecule has 0 aliphatic carbocycles. The lowest BCUT2D eigenvalue weighted by Crippen LogP contribution is -2.45. The van der Waals surface area contributed by atoms with E-state index in [4.69, 9.17) is 10.5 Å². The fraction of sp³-hybridized carbons (Fsp3) is 0.571. The fourth-order valence-corrected chi connectivity index (χ4v) is 3.76. The van der Waals surface area contributed by atoms with Gasteiger partial charge in [-0.15, -0.1) is 0 Å². The molecule has 0 saturated carbocycles. The third-order valence-electron chi connectivity index (χ3n) is 3.55. The number of hydrogen-bond donors (Lipinski definition) is 1. The lowest BCUT2D eigenvalue weighted by atomic mass is 10.2. The van der Waals surface area contributed by atoms with E-state index < -0.39 is 10.0 Å². The summed E-state index contributed by atoms with van der Waals surface area (Å²) < 4.78 is 32.2. The van der Waals surface area contributed by atoms with Gasteiger partial charge in [0.2, 0.25) is 10.0 Å². The molecule has 0 aromatic heterocycles. The zero-order valence-electron chi connectivity index (χ0n) is 11.8. The number of ether oxygens (including phenoxy) is 1. The maximum Gasteiger partial charge on any atom is 0.243 e. The van der Waals surface area contributed by atoms with Crippen LogP contribution in [0.5, 0.6) is 0 Å². The Morgan fingerprint density at radius 3 is 2.65 bits per heavy atom. The van der Waals surface area contributed by atoms with Crippen molar-refractivity contribution < 1.29 is 13.2 Å². The number of sulfonamides is 1. The smallest absolute Gasteiger partial charge is 0.243 e. The second kappa shape index (κ2) is 6.67. The third kappa shape index (κ3) is 3.38. The number of benzene rings is 1. The van der Waals surface area contributed by atoms with Crippen LogP contribution in [0.2, 0.25) is 0 Å². The van der Waals surface area contributed by atoms with Crippen molar-refractivity contribution in [1.29, 1.82) is 0 Å². The molecule has 1 aliphatic rings. The van der Waals surface area contributed by atoms with E-state index in [2.05, 4.69) is 0 Å². The fourth-order valence-electron chi connectivity index (χ4n) is 2.30. The van der Waals surface area contributed by atoms with E-state index in [9.17, 15) is 8.42 Å². The summed E-state index contributed by atoms with van der Waals surface area (Å²) in [6.07, 6.45) is 1.58. The lowest BCUT2D eigenvalue weighted by Gasteiger charge is -2.31. The molecule has 2 rings (SSSR count). The molecular weight excluding hydrogens is 276 g/mol. The Kier molecular flexibility index (Phi) is 5.15. The molecule has 1 saturated heterocycles. The molecule has 5 nitrogen and oxygen atoms in total. The van der Waals surface area contributed by atoms with Crippen molar-refractivity contribution in [3.8, 4) is 0 Å². The van der Waals surface area contributed by atoms with Gasteiger partial charge in [-0.3, -0.25) is 0 Å². The van der Waals surface area contributed by atoms with E-state index in [0.717, 1.165) is 18.4 Å². The number of nitrogens with zero attached hydrogens (tertiary/aromatic N) is 1. The van der Waals surface area contributed by atoms with Gasteiger partial charge in [0, 0.05) is 13.1 Å². The topological polar surface area (TPSA) is 72.6 Å². The molecule has 0 amide bonds. The van der Waals surface area contributed by atoms with Crippen LogP contribution in [-0.2, 0) is 21.2 Å². The zero-order chi connectivity index (χ0) is 14.6.